The van der Waals surface area contributed by atoms with E-state index in [4.69, 9.17) is 23.7 Å². The number of hydrogen-bond donors (Lipinski definition) is 2. The normalized spacial score (nSPS) is 10.8. The number of aryl methyl sites for hydroxylation is 2. The van der Waals surface area contributed by atoms with Gasteiger partial charge in [0.05, 0.1) is 17.8 Å². The summed E-state index contributed by atoms with van der Waals surface area (Å²) in [5.74, 6) is 0.722. The van der Waals surface area contributed by atoms with Crippen LogP contribution in [0.3, 0.4) is 0 Å². The molecule has 1 heterocycles. The van der Waals surface area contributed by atoms with Gasteiger partial charge in [0.15, 0.2) is 0 Å². The van der Waals surface area contributed by atoms with Gasteiger partial charge in [0, 0.05) is 13.6 Å². The van der Waals surface area contributed by atoms with E-state index in [1.165, 1.54) is 0 Å². The van der Waals surface area contributed by atoms with Crippen LogP contribution in [0.5, 0.6) is 0 Å². The van der Waals surface area contributed by atoms with E-state index in [-0.39, 0.29) is 11.5 Å². The van der Waals surface area contributed by atoms with E-state index >= 15 is 0 Å². The number of rotatable bonds is 6. The van der Waals surface area contributed by atoms with E-state index in [0.717, 1.165) is 11.5 Å². The SMILES string of the molecule is Cc1nn(C)c(N(CC(N)=O)CC(C)C)c1C(N)=S. The molecule has 106 valence electrons. The average molecular weight is 283 g/mol. The summed E-state index contributed by atoms with van der Waals surface area (Å²) in [6.07, 6.45) is 0. The lowest BCUT2D eigenvalue weighted by molar-refractivity contribution is -0.116. The van der Waals surface area contributed by atoms with E-state index < -0.39 is 5.91 Å². The van der Waals surface area contributed by atoms with Gasteiger partial charge in [-0.25, -0.2) is 0 Å². The summed E-state index contributed by atoms with van der Waals surface area (Å²) in [6.45, 7) is 6.77. The van der Waals surface area contributed by atoms with Crippen molar-refractivity contribution in [1.82, 2.24) is 9.78 Å². The number of carbonyl (C=O) groups is 1. The molecule has 1 amide bonds. The molecule has 0 radical (unpaired) electrons. The molecule has 0 aliphatic heterocycles. The predicted molar refractivity (Wildman–Crippen MR) is 80.1 cm³/mol. The lowest BCUT2D eigenvalue weighted by atomic mass is 10.1. The molecule has 4 N–H and O–H groups in total. The number of anilines is 1. The van der Waals surface area contributed by atoms with Gasteiger partial charge >= 0.3 is 0 Å². The van der Waals surface area contributed by atoms with E-state index in [1.807, 2.05) is 11.8 Å². The topological polar surface area (TPSA) is 90.2 Å². The molecular formula is C12H21N5OS. The molecule has 0 aliphatic rings. The standard InChI is InChI=1S/C12H21N5OS/c1-7(2)5-17(6-9(13)18)12-10(11(14)19)8(3)15-16(12)4/h7H,5-6H2,1-4H3,(H2,13,18)(H2,14,19). The highest BCUT2D eigenvalue weighted by molar-refractivity contribution is 7.80. The molecule has 19 heavy (non-hydrogen) atoms. The van der Waals surface area contributed by atoms with Gasteiger partial charge in [-0.3, -0.25) is 9.48 Å². The van der Waals surface area contributed by atoms with Crippen molar-refractivity contribution in [3.8, 4) is 0 Å². The molecule has 1 aromatic rings. The molecule has 0 aromatic carbocycles. The first kappa shape index (κ1) is 15.4. The number of primary amides is 1. The van der Waals surface area contributed by atoms with Gasteiger partial charge in [0.25, 0.3) is 0 Å². The van der Waals surface area contributed by atoms with Crippen LogP contribution in [0.15, 0.2) is 0 Å². The Hall–Kier alpha value is -1.63. The molecule has 0 saturated carbocycles. The molecule has 0 spiro atoms. The molecule has 0 atom stereocenters. The van der Waals surface area contributed by atoms with Gasteiger partial charge in [0.2, 0.25) is 5.91 Å². The Bertz CT molecular complexity index is 495. The van der Waals surface area contributed by atoms with Crippen LogP contribution in [0.25, 0.3) is 0 Å². The van der Waals surface area contributed by atoms with Crippen molar-refractivity contribution in [2.75, 3.05) is 18.0 Å². The van der Waals surface area contributed by atoms with Gasteiger partial charge in [-0.1, -0.05) is 26.1 Å². The van der Waals surface area contributed by atoms with E-state index in [0.29, 0.717) is 18.0 Å². The molecule has 0 fully saturated rings. The molecular weight excluding hydrogens is 262 g/mol. The van der Waals surface area contributed by atoms with Crippen LogP contribution in [-0.4, -0.2) is 33.8 Å². The van der Waals surface area contributed by atoms with Crippen molar-refractivity contribution in [3.63, 3.8) is 0 Å². The van der Waals surface area contributed by atoms with Crippen LogP contribution in [-0.2, 0) is 11.8 Å². The van der Waals surface area contributed by atoms with Gasteiger partial charge < -0.3 is 16.4 Å². The molecule has 1 rings (SSSR count). The number of hydrogen-bond acceptors (Lipinski definition) is 4. The molecule has 1 aromatic heterocycles. The zero-order valence-electron chi connectivity index (χ0n) is 11.8. The number of nitrogens with two attached hydrogens (primary N) is 2. The number of carbonyl (C=O) groups excluding carboxylic acids is 1. The van der Waals surface area contributed by atoms with Crippen molar-refractivity contribution < 1.29 is 4.79 Å². The zero-order valence-corrected chi connectivity index (χ0v) is 12.6. The van der Waals surface area contributed by atoms with Crippen LogP contribution < -0.4 is 16.4 Å². The quantitative estimate of drug-likeness (QED) is 0.733. The molecule has 0 unspecified atom stereocenters. The van der Waals surface area contributed by atoms with Crippen molar-refractivity contribution in [2.24, 2.45) is 24.4 Å². The predicted octanol–water partition coefficient (Wildman–Crippen LogP) is 0.310. The molecule has 0 bridgehead atoms. The third-order valence-electron chi connectivity index (χ3n) is 2.67. The second-order valence-corrected chi connectivity index (χ2v) is 5.45. The number of thiocarbonyl (C=S) groups is 1. The maximum Gasteiger partial charge on any atom is 0.236 e. The molecule has 6 nitrogen and oxygen atoms in total. The fourth-order valence-electron chi connectivity index (χ4n) is 2.15. The monoisotopic (exact) mass is 283 g/mol. The minimum atomic E-state index is -0.395. The fourth-order valence-corrected chi connectivity index (χ4v) is 2.39. The van der Waals surface area contributed by atoms with Crippen molar-refractivity contribution >= 4 is 28.9 Å². The summed E-state index contributed by atoms with van der Waals surface area (Å²) in [5, 5.41) is 4.32. The highest BCUT2D eigenvalue weighted by Gasteiger charge is 2.22. The van der Waals surface area contributed by atoms with Crippen molar-refractivity contribution in [3.05, 3.63) is 11.3 Å². The maximum absolute atomic E-state index is 11.3. The minimum Gasteiger partial charge on any atom is -0.389 e. The minimum absolute atomic E-state index is 0.118. The largest absolute Gasteiger partial charge is 0.389 e. The Labute approximate surface area is 118 Å². The van der Waals surface area contributed by atoms with Gasteiger partial charge in [-0.05, 0) is 12.8 Å². The Morgan fingerprint density at radius 1 is 1.47 bits per heavy atom. The number of nitrogens with zero attached hydrogens (tertiary/aromatic N) is 3. The third-order valence-corrected chi connectivity index (χ3v) is 2.87. The summed E-state index contributed by atoms with van der Waals surface area (Å²) in [6, 6.07) is 0. The third kappa shape index (κ3) is 3.66. The Balaban J connectivity index is 3.28. The van der Waals surface area contributed by atoms with Crippen molar-refractivity contribution in [2.45, 2.75) is 20.8 Å². The smallest absolute Gasteiger partial charge is 0.236 e. The highest BCUT2D eigenvalue weighted by atomic mass is 32.1. The highest BCUT2D eigenvalue weighted by Crippen LogP contribution is 2.23. The first-order valence-electron chi connectivity index (χ1n) is 6.10. The van der Waals surface area contributed by atoms with Crippen LogP contribution in [0.2, 0.25) is 0 Å². The summed E-state index contributed by atoms with van der Waals surface area (Å²) in [5.41, 5.74) is 12.5. The first-order valence-corrected chi connectivity index (χ1v) is 6.51. The second-order valence-electron chi connectivity index (χ2n) is 5.01. The van der Waals surface area contributed by atoms with E-state index in [1.54, 1.807) is 11.7 Å². The van der Waals surface area contributed by atoms with Gasteiger partial charge in [-0.2, -0.15) is 5.10 Å². The first-order chi connectivity index (χ1) is 8.73. The lowest BCUT2D eigenvalue weighted by Crippen LogP contribution is -2.38. The number of amides is 1. The average Bonchev–Trinajstić information content (AvgIpc) is 2.50. The van der Waals surface area contributed by atoms with E-state index in [2.05, 4.69) is 18.9 Å². The van der Waals surface area contributed by atoms with Crippen LogP contribution in [0.4, 0.5) is 5.82 Å². The lowest BCUT2D eigenvalue weighted by Gasteiger charge is -2.26. The van der Waals surface area contributed by atoms with Crippen LogP contribution >= 0.6 is 12.2 Å². The van der Waals surface area contributed by atoms with Crippen molar-refractivity contribution in [1.29, 1.82) is 0 Å². The Kier molecular flexibility index (Phi) is 4.88. The van der Waals surface area contributed by atoms with Crippen LogP contribution in [0.1, 0.15) is 25.1 Å². The summed E-state index contributed by atoms with van der Waals surface area (Å²) >= 11 is 5.08. The molecule has 0 aliphatic carbocycles. The molecule has 0 saturated heterocycles. The summed E-state index contributed by atoms with van der Waals surface area (Å²) in [7, 11) is 1.80. The van der Waals surface area contributed by atoms with Gasteiger partial charge in [0.1, 0.15) is 10.8 Å². The zero-order chi connectivity index (χ0) is 14.7. The fraction of sp³-hybridized carbons (Fsp3) is 0.583. The summed E-state index contributed by atoms with van der Waals surface area (Å²) < 4.78 is 1.69. The van der Waals surface area contributed by atoms with Crippen LogP contribution in [0, 0.1) is 12.8 Å². The van der Waals surface area contributed by atoms with E-state index in [9.17, 15) is 4.79 Å². The number of aromatic nitrogens is 2. The Morgan fingerprint density at radius 3 is 2.47 bits per heavy atom. The van der Waals surface area contributed by atoms with Gasteiger partial charge in [-0.15, -0.1) is 0 Å². The maximum atomic E-state index is 11.3. The Morgan fingerprint density at radius 2 is 2.05 bits per heavy atom. The summed E-state index contributed by atoms with van der Waals surface area (Å²) in [4.78, 5) is 13.4. The molecule has 7 heteroatoms. The second kappa shape index (κ2) is 6.01.